The Kier molecular flexibility index (Phi) is 3.89. The molecule has 19 heavy (non-hydrogen) atoms. The Bertz CT molecular complexity index is 684. The average Bonchev–Trinajstić information content (AvgIpc) is 2.41. The number of hydrogen-bond donors (Lipinski definition) is 1. The smallest absolute Gasteiger partial charge is 0.142 e. The van der Waals surface area contributed by atoms with Gasteiger partial charge in [-0.3, -0.25) is 4.99 Å². The Hall–Kier alpha value is -2.24. The lowest BCUT2D eigenvalue weighted by molar-refractivity contribution is 0.474. The summed E-state index contributed by atoms with van der Waals surface area (Å²) in [7, 11) is 0. The number of hydrogen-bond acceptors (Lipinski definition) is 2. The van der Waals surface area contributed by atoms with Crippen molar-refractivity contribution in [2.75, 3.05) is 0 Å². The van der Waals surface area contributed by atoms with Crippen molar-refractivity contribution in [2.45, 2.75) is 6.92 Å². The summed E-state index contributed by atoms with van der Waals surface area (Å²) < 4.78 is 0. The molecule has 94 valence electrons. The van der Waals surface area contributed by atoms with Crippen molar-refractivity contribution in [1.29, 1.82) is 0 Å². The maximum Gasteiger partial charge on any atom is 0.142 e. The number of phenolic OH excluding ortho intramolecular Hbond substituents is 1. The second-order valence-electron chi connectivity index (χ2n) is 4.14. The van der Waals surface area contributed by atoms with Crippen LogP contribution < -0.4 is 0 Å². The summed E-state index contributed by atoms with van der Waals surface area (Å²) in [6, 6.07) is 10.8. The van der Waals surface area contributed by atoms with Crippen LogP contribution in [0, 0.1) is 19.3 Å². The summed E-state index contributed by atoms with van der Waals surface area (Å²) in [5.41, 5.74) is 3.03. The molecule has 3 heteroatoms. The van der Waals surface area contributed by atoms with E-state index in [0.717, 1.165) is 16.8 Å². The van der Waals surface area contributed by atoms with Crippen molar-refractivity contribution in [3.63, 3.8) is 0 Å². The van der Waals surface area contributed by atoms with Crippen molar-refractivity contribution < 1.29 is 5.11 Å². The number of aromatic hydroxyl groups is 1. The Morgan fingerprint density at radius 1 is 1.32 bits per heavy atom. The normalized spacial score (nSPS) is 10.6. The van der Waals surface area contributed by atoms with Crippen molar-refractivity contribution in [3.05, 3.63) is 58.1 Å². The third kappa shape index (κ3) is 3.15. The molecule has 0 radical (unpaired) electrons. The van der Waals surface area contributed by atoms with Gasteiger partial charge in [-0.15, -0.1) is 6.42 Å². The molecular formula is C16H12ClNO. The zero-order valence-corrected chi connectivity index (χ0v) is 11.1. The second-order valence-corrected chi connectivity index (χ2v) is 4.54. The molecule has 0 unspecified atom stereocenters. The Labute approximate surface area is 117 Å². The maximum absolute atomic E-state index is 9.85. The topological polar surface area (TPSA) is 32.6 Å². The average molecular weight is 270 g/mol. The molecule has 0 fully saturated rings. The van der Waals surface area contributed by atoms with Gasteiger partial charge in [0, 0.05) is 17.3 Å². The molecule has 0 atom stereocenters. The monoisotopic (exact) mass is 269 g/mol. The molecule has 2 aromatic rings. The molecule has 2 rings (SSSR count). The third-order valence-electron chi connectivity index (χ3n) is 2.60. The minimum Gasteiger partial charge on any atom is -0.506 e. The van der Waals surface area contributed by atoms with Gasteiger partial charge in [0.2, 0.25) is 0 Å². The molecule has 2 aromatic carbocycles. The van der Waals surface area contributed by atoms with Gasteiger partial charge in [0.05, 0.1) is 10.7 Å². The van der Waals surface area contributed by atoms with Gasteiger partial charge >= 0.3 is 0 Å². The van der Waals surface area contributed by atoms with E-state index in [-0.39, 0.29) is 5.75 Å². The number of terminal acetylenes is 1. The highest BCUT2D eigenvalue weighted by Crippen LogP contribution is 2.28. The fraction of sp³-hybridized carbons (Fsp3) is 0.0625. The number of aliphatic imine (C=N–C) groups is 1. The van der Waals surface area contributed by atoms with Crippen LogP contribution in [-0.2, 0) is 0 Å². The van der Waals surface area contributed by atoms with E-state index in [4.69, 9.17) is 18.0 Å². The van der Waals surface area contributed by atoms with E-state index >= 15 is 0 Å². The first-order chi connectivity index (χ1) is 9.10. The van der Waals surface area contributed by atoms with Crippen LogP contribution in [0.5, 0.6) is 5.75 Å². The number of nitrogens with zero attached hydrogens (tertiary/aromatic N) is 1. The molecule has 0 aliphatic carbocycles. The van der Waals surface area contributed by atoms with E-state index in [1.54, 1.807) is 18.3 Å². The number of rotatable bonds is 2. The van der Waals surface area contributed by atoms with Gasteiger partial charge in [-0.1, -0.05) is 23.6 Å². The van der Waals surface area contributed by atoms with E-state index in [1.165, 1.54) is 0 Å². The molecule has 0 aliphatic heterocycles. The lowest BCUT2D eigenvalue weighted by atomic mass is 10.1. The van der Waals surface area contributed by atoms with E-state index in [9.17, 15) is 5.11 Å². The van der Waals surface area contributed by atoms with Gasteiger partial charge in [0.1, 0.15) is 5.75 Å². The van der Waals surface area contributed by atoms with Crippen LogP contribution in [0.25, 0.3) is 0 Å². The molecule has 0 aliphatic rings. The molecule has 0 spiro atoms. The van der Waals surface area contributed by atoms with Crippen LogP contribution in [-0.4, -0.2) is 11.3 Å². The highest BCUT2D eigenvalue weighted by Gasteiger charge is 2.04. The molecule has 0 saturated heterocycles. The van der Waals surface area contributed by atoms with Crippen molar-refractivity contribution in [1.82, 2.24) is 0 Å². The Morgan fingerprint density at radius 3 is 2.84 bits per heavy atom. The number of benzene rings is 2. The maximum atomic E-state index is 9.85. The molecule has 0 heterocycles. The summed E-state index contributed by atoms with van der Waals surface area (Å²) in [6.45, 7) is 1.90. The first-order valence-corrected chi connectivity index (χ1v) is 6.08. The van der Waals surface area contributed by atoms with Crippen LogP contribution >= 0.6 is 11.6 Å². The van der Waals surface area contributed by atoms with Crippen LogP contribution in [0.1, 0.15) is 16.7 Å². The summed E-state index contributed by atoms with van der Waals surface area (Å²) in [5.74, 6) is 2.58. The number of phenols is 1. The van der Waals surface area contributed by atoms with Crippen molar-refractivity contribution in [3.8, 4) is 18.1 Å². The molecule has 1 N–H and O–H groups in total. The predicted octanol–water partition coefficient (Wildman–Crippen LogP) is 4.09. The van der Waals surface area contributed by atoms with Gasteiger partial charge in [-0.2, -0.15) is 0 Å². The van der Waals surface area contributed by atoms with E-state index in [0.29, 0.717) is 10.6 Å². The summed E-state index contributed by atoms with van der Waals surface area (Å²) in [5, 5.41) is 10.2. The van der Waals surface area contributed by atoms with E-state index in [1.807, 2.05) is 31.2 Å². The molecule has 0 amide bonds. The highest BCUT2D eigenvalue weighted by molar-refractivity contribution is 6.32. The van der Waals surface area contributed by atoms with E-state index in [2.05, 4.69) is 10.9 Å². The summed E-state index contributed by atoms with van der Waals surface area (Å²) in [4.78, 5) is 4.29. The molecule has 2 nitrogen and oxygen atoms in total. The minimum absolute atomic E-state index is 0.0316. The molecular weight excluding hydrogens is 258 g/mol. The van der Waals surface area contributed by atoms with Crippen LogP contribution in [0.2, 0.25) is 5.02 Å². The first-order valence-electron chi connectivity index (χ1n) is 5.70. The van der Waals surface area contributed by atoms with Gasteiger partial charge in [0.15, 0.2) is 0 Å². The van der Waals surface area contributed by atoms with Crippen molar-refractivity contribution in [2.24, 2.45) is 4.99 Å². The third-order valence-corrected chi connectivity index (χ3v) is 2.89. The summed E-state index contributed by atoms with van der Waals surface area (Å²) >= 11 is 5.91. The molecule has 0 aromatic heterocycles. The van der Waals surface area contributed by atoms with Gasteiger partial charge in [-0.25, -0.2) is 0 Å². The first kappa shape index (κ1) is 13.2. The van der Waals surface area contributed by atoms with E-state index < -0.39 is 0 Å². The standard InChI is InChI=1S/C16H12ClNO/c1-3-12-5-4-6-14(9-12)18-10-13-7-11(2)8-15(17)16(13)19/h1,4-10,19H,2H3. The fourth-order valence-corrected chi connectivity index (χ4v) is 1.96. The largest absolute Gasteiger partial charge is 0.506 e. The summed E-state index contributed by atoms with van der Waals surface area (Å²) in [6.07, 6.45) is 6.90. The second kappa shape index (κ2) is 5.60. The zero-order valence-electron chi connectivity index (χ0n) is 10.4. The SMILES string of the molecule is C#Cc1cccc(N=Cc2cc(C)cc(Cl)c2O)c1. The van der Waals surface area contributed by atoms with Crippen LogP contribution in [0.15, 0.2) is 41.4 Å². The number of aryl methyl sites for hydroxylation is 1. The van der Waals surface area contributed by atoms with Crippen LogP contribution in [0.3, 0.4) is 0 Å². The van der Waals surface area contributed by atoms with Gasteiger partial charge < -0.3 is 5.11 Å². The molecule has 0 saturated carbocycles. The lowest BCUT2D eigenvalue weighted by Crippen LogP contribution is -1.85. The quantitative estimate of drug-likeness (QED) is 0.646. The van der Waals surface area contributed by atoms with Crippen molar-refractivity contribution >= 4 is 23.5 Å². The lowest BCUT2D eigenvalue weighted by Gasteiger charge is -2.03. The van der Waals surface area contributed by atoms with Crippen LogP contribution in [0.4, 0.5) is 5.69 Å². The number of halogens is 1. The predicted molar refractivity (Wildman–Crippen MR) is 79.5 cm³/mol. The Balaban J connectivity index is 2.35. The van der Waals surface area contributed by atoms with Gasteiger partial charge in [0.25, 0.3) is 0 Å². The molecule has 0 bridgehead atoms. The highest BCUT2D eigenvalue weighted by atomic mass is 35.5. The zero-order chi connectivity index (χ0) is 13.8. The minimum atomic E-state index is 0.0316. The fourth-order valence-electron chi connectivity index (χ4n) is 1.68. The van der Waals surface area contributed by atoms with Gasteiger partial charge in [-0.05, 0) is 42.8 Å². The Morgan fingerprint density at radius 2 is 2.11 bits per heavy atom.